The molecule has 7 heteroatoms. The number of aromatic carboxylic acids is 1. The van der Waals surface area contributed by atoms with Crippen molar-refractivity contribution in [1.82, 2.24) is 9.47 Å². The van der Waals surface area contributed by atoms with Crippen LogP contribution in [0.15, 0.2) is 53.5 Å². The number of hydrogen-bond donors (Lipinski definition) is 1. The summed E-state index contributed by atoms with van der Waals surface area (Å²) >= 11 is 0. The molecule has 0 bridgehead atoms. The van der Waals surface area contributed by atoms with Gasteiger partial charge in [-0.2, -0.15) is 0 Å². The smallest absolute Gasteiger partial charge is 0.341 e. The van der Waals surface area contributed by atoms with Crippen LogP contribution in [0.25, 0.3) is 10.9 Å². The Kier molecular flexibility index (Phi) is 6.13. The number of nitrogens with zero attached hydrogens (tertiary/aromatic N) is 3. The topological polar surface area (TPSA) is 65.8 Å². The monoisotopic (exact) mass is 463 g/mol. The van der Waals surface area contributed by atoms with Crippen molar-refractivity contribution >= 4 is 22.6 Å². The number of unbranched alkanes of at least 4 members (excludes halogenated alkanes) is 1. The molecular formula is C27H30FN3O3. The summed E-state index contributed by atoms with van der Waals surface area (Å²) in [6, 6.07) is 13.6. The van der Waals surface area contributed by atoms with Crippen LogP contribution < -0.4 is 10.3 Å². The van der Waals surface area contributed by atoms with E-state index in [0.29, 0.717) is 24.3 Å². The van der Waals surface area contributed by atoms with Gasteiger partial charge in [0.2, 0.25) is 5.43 Å². The van der Waals surface area contributed by atoms with Gasteiger partial charge in [0.15, 0.2) is 0 Å². The summed E-state index contributed by atoms with van der Waals surface area (Å²) in [5.41, 5.74) is 1.36. The van der Waals surface area contributed by atoms with Gasteiger partial charge in [0.05, 0.1) is 17.2 Å². The van der Waals surface area contributed by atoms with Crippen LogP contribution in [0.5, 0.6) is 0 Å². The predicted molar refractivity (Wildman–Crippen MR) is 131 cm³/mol. The lowest BCUT2D eigenvalue weighted by molar-refractivity contribution is 0.0695. The van der Waals surface area contributed by atoms with Crippen molar-refractivity contribution in [3.8, 4) is 0 Å². The first-order valence-electron chi connectivity index (χ1n) is 12.1. The Morgan fingerprint density at radius 3 is 2.59 bits per heavy atom. The molecule has 3 aromatic rings. The lowest BCUT2D eigenvalue weighted by atomic mass is 10.0. The lowest BCUT2D eigenvalue weighted by Gasteiger charge is -2.43. The number of rotatable bonds is 7. The third kappa shape index (κ3) is 4.20. The van der Waals surface area contributed by atoms with Gasteiger partial charge in [0, 0.05) is 37.3 Å². The van der Waals surface area contributed by atoms with Crippen LogP contribution in [0.4, 0.5) is 10.1 Å². The number of halogens is 1. The number of carboxylic acid groups (broad SMARTS) is 1. The fourth-order valence-electron chi connectivity index (χ4n) is 5.07. The van der Waals surface area contributed by atoms with Crippen LogP contribution in [0.2, 0.25) is 0 Å². The highest BCUT2D eigenvalue weighted by molar-refractivity contribution is 5.93. The minimum atomic E-state index is -1.28. The molecule has 1 unspecified atom stereocenters. The number of carbonyl (C=O) groups is 1. The number of aromatic nitrogens is 1. The molecule has 34 heavy (non-hydrogen) atoms. The molecule has 1 N–H and O–H groups in total. The summed E-state index contributed by atoms with van der Waals surface area (Å²) in [7, 11) is 0. The van der Waals surface area contributed by atoms with Crippen molar-refractivity contribution in [3.63, 3.8) is 0 Å². The van der Waals surface area contributed by atoms with Crippen molar-refractivity contribution in [2.24, 2.45) is 0 Å². The molecule has 2 aromatic carbocycles. The molecule has 1 saturated carbocycles. The molecule has 1 aliphatic carbocycles. The highest BCUT2D eigenvalue weighted by atomic mass is 19.1. The summed E-state index contributed by atoms with van der Waals surface area (Å²) in [6.45, 7) is 5.36. The van der Waals surface area contributed by atoms with Gasteiger partial charge in [-0.05, 0) is 43.5 Å². The Morgan fingerprint density at radius 2 is 1.91 bits per heavy atom. The first-order chi connectivity index (χ1) is 16.5. The van der Waals surface area contributed by atoms with E-state index in [0.717, 1.165) is 38.8 Å². The van der Waals surface area contributed by atoms with Crippen LogP contribution in [0.1, 0.15) is 60.6 Å². The normalized spacial score (nSPS) is 19.0. The van der Waals surface area contributed by atoms with Gasteiger partial charge in [-0.1, -0.05) is 43.7 Å². The SMILES string of the molecule is CCCCN1CCN(c2cc3c(cc2F)c(=O)c(C(=O)O)cn3C2CC2)CC1c1ccccc1. The zero-order valence-corrected chi connectivity index (χ0v) is 19.4. The third-order valence-corrected chi connectivity index (χ3v) is 7.09. The van der Waals surface area contributed by atoms with Gasteiger partial charge in [-0.3, -0.25) is 9.69 Å². The molecule has 2 aliphatic rings. The van der Waals surface area contributed by atoms with E-state index in [9.17, 15) is 14.7 Å². The van der Waals surface area contributed by atoms with Gasteiger partial charge in [0.1, 0.15) is 11.4 Å². The molecule has 1 aromatic heterocycles. The zero-order valence-electron chi connectivity index (χ0n) is 19.4. The molecule has 2 fully saturated rings. The standard InChI is InChI=1S/C27H30FN3O3/c1-2-3-11-29-12-13-30(17-25(29)18-7-5-4-6-8-18)24-15-23-20(14-22(24)28)26(32)21(27(33)34)16-31(23)19-9-10-19/h4-8,14-16,19,25H,2-3,9-13,17H2,1H3,(H,33,34). The molecule has 178 valence electrons. The largest absolute Gasteiger partial charge is 0.477 e. The maximum Gasteiger partial charge on any atom is 0.341 e. The summed E-state index contributed by atoms with van der Waals surface area (Å²) < 4.78 is 17.3. The number of carboxylic acids is 1. The van der Waals surface area contributed by atoms with Crippen LogP contribution >= 0.6 is 0 Å². The summed E-state index contributed by atoms with van der Waals surface area (Å²) in [6.07, 6.45) is 5.53. The number of anilines is 1. The fraction of sp³-hybridized carbons (Fsp3) is 0.407. The van der Waals surface area contributed by atoms with Crippen molar-refractivity contribution in [2.75, 3.05) is 31.1 Å². The Bertz CT molecular complexity index is 1270. The summed E-state index contributed by atoms with van der Waals surface area (Å²) in [4.78, 5) is 29.0. The van der Waals surface area contributed by atoms with Gasteiger partial charge < -0.3 is 14.6 Å². The molecule has 1 atom stereocenters. The van der Waals surface area contributed by atoms with E-state index < -0.39 is 17.2 Å². The third-order valence-electron chi connectivity index (χ3n) is 7.09. The van der Waals surface area contributed by atoms with Gasteiger partial charge in [-0.25, -0.2) is 9.18 Å². The number of benzene rings is 2. The molecule has 0 spiro atoms. The Morgan fingerprint density at radius 1 is 1.15 bits per heavy atom. The number of fused-ring (bicyclic) bond motifs is 1. The Balaban J connectivity index is 1.55. The van der Waals surface area contributed by atoms with Crippen molar-refractivity contribution in [1.29, 1.82) is 0 Å². The highest BCUT2D eigenvalue weighted by Gasteiger charge is 2.31. The molecule has 0 amide bonds. The molecule has 0 radical (unpaired) electrons. The van der Waals surface area contributed by atoms with Crippen molar-refractivity contribution in [2.45, 2.75) is 44.7 Å². The lowest BCUT2D eigenvalue weighted by Crippen LogP contribution is -2.49. The van der Waals surface area contributed by atoms with Crippen LogP contribution in [-0.4, -0.2) is 46.7 Å². The average molecular weight is 464 g/mol. The van der Waals surface area contributed by atoms with Crippen LogP contribution in [0.3, 0.4) is 0 Å². The number of pyridine rings is 1. The Labute approximate surface area is 198 Å². The second kappa shape index (κ2) is 9.22. The second-order valence-corrected chi connectivity index (χ2v) is 9.40. The molecule has 1 saturated heterocycles. The van der Waals surface area contributed by atoms with Crippen molar-refractivity contribution in [3.05, 3.63) is 75.8 Å². The number of piperazine rings is 1. The maximum atomic E-state index is 15.4. The number of hydrogen-bond acceptors (Lipinski definition) is 4. The average Bonchev–Trinajstić information content (AvgIpc) is 3.69. The molecule has 6 nitrogen and oxygen atoms in total. The first-order valence-corrected chi connectivity index (χ1v) is 12.1. The molecule has 2 heterocycles. The zero-order chi connectivity index (χ0) is 23.8. The fourth-order valence-corrected chi connectivity index (χ4v) is 5.07. The first kappa shape index (κ1) is 22.6. The van der Waals surface area contributed by atoms with E-state index in [1.54, 1.807) is 6.07 Å². The van der Waals surface area contributed by atoms with E-state index >= 15 is 4.39 Å². The van der Waals surface area contributed by atoms with Gasteiger partial charge in [-0.15, -0.1) is 0 Å². The van der Waals surface area contributed by atoms with Crippen molar-refractivity contribution < 1.29 is 14.3 Å². The minimum absolute atomic E-state index is 0.134. The van der Waals surface area contributed by atoms with Gasteiger partial charge >= 0.3 is 5.97 Å². The van der Waals surface area contributed by atoms with Crippen LogP contribution in [0, 0.1) is 5.82 Å². The highest BCUT2D eigenvalue weighted by Crippen LogP contribution is 2.39. The quantitative estimate of drug-likeness (QED) is 0.543. The second-order valence-electron chi connectivity index (χ2n) is 9.40. The van der Waals surface area contributed by atoms with E-state index in [4.69, 9.17) is 0 Å². The van der Waals surface area contributed by atoms with Crippen LogP contribution in [-0.2, 0) is 0 Å². The van der Waals surface area contributed by atoms with E-state index in [1.165, 1.54) is 17.8 Å². The van der Waals surface area contributed by atoms with E-state index in [-0.39, 0.29) is 23.0 Å². The van der Waals surface area contributed by atoms with Gasteiger partial charge in [0.25, 0.3) is 0 Å². The van der Waals surface area contributed by atoms with E-state index in [1.807, 2.05) is 22.8 Å². The minimum Gasteiger partial charge on any atom is -0.477 e. The molecule has 5 rings (SSSR count). The van der Waals surface area contributed by atoms with E-state index in [2.05, 4.69) is 28.9 Å². The predicted octanol–water partition coefficient (Wildman–Crippen LogP) is 4.84. The maximum absolute atomic E-state index is 15.4. The Hall–Kier alpha value is -3.19. The summed E-state index contributed by atoms with van der Waals surface area (Å²) in [5.74, 6) is -1.76. The molecular weight excluding hydrogens is 433 g/mol. The molecule has 1 aliphatic heterocycles. The summed E-state index contributed by atoms with van der Waals surface area (Å²) in [5, 5.41) is 9.62.